The van der Waals surface area contributed by atoms with E-state index < -0.39 is 17.9 Å². The quantitative estimate of drug-likeness (QED) is 0.204. The Balaban J connectivity index is 2.05. The highest BCUT2D eigenvalue weighted by atomic mass is 16.6. The normalized spacial score (nSPS) is 13.0. The highest BCUT2D eigenvalue weighted by Crippen LogP contribution is 2.36. The maximum Gasteiger partial charge on any atom is 0.337 e. The van der Waals surface area contributed by atoms with Gasteiger partial charge in [-0.05, 0) is 42.3 Å². The van der Waals surface area contributed by atoms with Gasteiger partial charge in [-0.2, -0.15) is 10.2 Å². The number of hydrogen-bond acceptors (Lipinski definition) is 6. The molecule has 158 valence electrons. The number of esters is 1. The number of nitrogens with zero attached hydrogens (tertiary/aromatic N) is 3. The molecule has 2 unspecified atom stereocenters. The molecule has 0 aromatic heterocycles. The molecule has 31 heavy (non-hydrogen) atoms. The summed E-state index contributed by atoms with van der Waals surface area (Å²) in [6.45, 7) is 1.66. The zero-order chi connectivity index (χ0) is 22.2. The number of hydrogen-bond donors (Lipinski definition) is 0. The highest BCUT2D eigenvalue weighted by Gasteiger charge is 2.30. The summed E-state index contributed by atoms with van der Waals surface area (Å²) in [6, 6.07) is 23.0. The average Bonchev–Trinajstić information content (AvgIpc) is 2.79. The number of aryl methyl sites for hydroxylation is 1. The third-order valence-corrected chi connectivity index (χ3v) is 4.96. The molecule has 0 radical (unpaired) electrons. The molecule has 3 aromatic rings. The molecule has 3 aromatic carbocycles. The molecule has 0 fully saturated rings. The van der Waals surface area contributed by atoms with E-state index in [9.17, 15) is 14.9 Å². The van der Waals surface area contributed by atoms with Crippen LogP contribution in [0.25, 0.3) is 0 Å². The minimum atomic E-state index is -0.611. The summed E-state index contributed by atoms with van der Waals surface area (Å²) < 4.78 is 4.75. The van der Waals surface area contributed by atoms with Crippen LogP contribution >= 0.6 is 0 Å². The van der Waals surface area contributed by atoms with Gasteiger partial charge in [0.1, 0.15) is 6.04 Å². The number of ether oxygens (including phenoxy) is 1. The highest BCUT2D eigenvalue weighted by molar-refractivity contribution is 5.89. The van der Waals surface area contributed by atoms with Crippen molar-refractivity contribution in [3.05, 3.63) is 111 Å². The number of nitro groups is 1. The van der Waals surface area contributed by atoms with E-state index in [2.05, 4.69) is 10.2 Å². The molecular formula is C24H23N3O4. The number of azo groups is 1. The SMILES string of the molecule is COC(=O)c1ccc(C(N=Nc2ccccc2)C(C[N+](=O)[O-])c2ccc(C)cc2)cc1. The van der Waals surface area contributed by atoms with Crippen molar-refractivity contribution in [2.45, 2.75) is 18.9 Å². The third-order valence-electron chi connectivity index (χ3n) is 4.96. The molecule has 0 heterocycles. The summed E-state index contributed by atoms with van der Waals surface area (Å²) in [7, 11) is 1.32. The van der Waals surface area contributed by atoms with Gasteiger partial charge in [-0.25, -0.2) is 4.79 Å². The first-order valence-electron chi connectivity index (χ1n) is 9.80. The topological polar surface area (TPSA) is 94.2 Å². The van der Waals surface area contributed by atoms with Crippen molar-refractivity contribution in [2.24, 2.45) is 10.2 Å². The molecule has 0 aliphatic heterocycles. The second kappa shape index (κ2) is 10.2. The van der Waals surface area contributed by atoms with Crippen LogP contribution in [0.2, 0.25) is 0 Å². The molecule has 0 aliphatic carbocycles. The Morgan fingerprint density at radius 1 is 0.968 bits per heavy atom. The second-order valence-corrected chi connectivity index (χ2v) is 7.14. The molecular weight excluding hydrogens is 394 g/mol. The lowest BCUT2D eigenvalue weighted by molar-refractivity contribution is -0.484. The van der Waals surface area contributed by atoms with Crippen molar-refractivity contribution >= 4 is 11.7 Å². The van der Waals surface area contributed by atoms with Crippen LogP contribution in [0.4, 0.5) is 5.69 Å². The van der Waals surface area contributed by atoms with Gasteiger partial charge < -0.3 is 4.74 Å². The maximum atomic E-state index is 11.8. The molecule has 0 saturated carbocycles. The monoisotopic (exact) mass is 417 g/mol. The summed E-state index contributed by atoms with van der Waals surface area (Å²) in [4.78, 5) is 23.0. The van der Waals surface area contributed by atoms with Crippen LogP contribution in [-0.4, -0.2) is 24.5 Å². The molecule has 0 aliphatic rings. The number of rotatable bonds is 8. The number of benzene rings is 3. The maximum absolute atomic E-state index is 11.8. The van der Waals surface area contributed by atoms with E-state index in [-0.39, 0.29) is 11.5 Å². The van der Waals surface area contributed by atoms with Gasteiger partial charge in [0.15, 0.2) is 0 Å². The molecule has 3 rings (SSSR count). The van der Waals surface area contributed by atoms with Crippen LogP contribution in [0, 0.1) is 17.0 Å². The molecule has 0 saturated heterocycles. The summed E-state index contributed by atoms with van der Waals surface area (Å²) in [5.74, 6) is -0.985. The molecule has 0 spiro atoms. The van der Waals surface area contributed by atoms with Gasteiger partial charge in [0.25, 0.3) is 0 Å². The van der Waals surface area contributed by atoms with Crippen LogP contribution in [0.5, 0.6) is 0 Å². The Labute approximate surface area is 180 Å². The van der Waals surface area contributed by atoms with Crippen LogP contribution in [0.1, 0.15) is 39.0 Å². The Kier molecular flexibility index (Phi) is 7.22. The van der Waals surface area contributed by atoms with Crippen LogP contribution in [-0.2, 0) is 4.74 Å². The number of carbonyl (C=O) groups excluding carboxylic acids is 1. The van der Waals surface area contributed by atoms with Crippen LogP contribution in [0.3, 0.4) is 0 Å². The van der Waals surface area contributed by atoms with Gasteiger partial charge in [-0.3, -0.25) is 10.1 Å². The second-order valence-electron chi connectivity index (χ2n) is 7.14. The zero-order valence-electron chi connectivity index (χ0n) is 17.3. The Morgan fingerprint density at radius 2 is 1.58 bits per heavy atom. The lowest BCUT2D eigenvalue weighted by Gasteiger charge is -2.21. The minimum absolute atomic E-state index is 0.305. The van der Waals surface area contributed by atoms with Crippen molar-refractivity contribution < 1.29 is 14.5 Å². The largest absolute Gasteiger partial charge is 0.465 e. The third kappa shape index (κ3) is 5.82. The summed E-state index contributed by atoms with van der Waals surface area (Å²) in [5, 5.41) is 20.4. The Bertz CT molecular complexity index is 1050. The molecule has 2 atom stereocenters. The van der Waals surface area contributed by atoms with Gasteiger partial charge >= 0.3 is 5.97 Å². The number of carbonyl (C=O) groups is 1. The van der Waals surface area contributed by atoms with Gasteiger partial charge in [0.2, 0.25) is 6.54 Å². The molecule has 7 nitrogen and oxygen atoms in total. The van der Waals surface area contributed by atoms with Crippen molar-refractivity contribution in [1.82, 2.24) is 0 Å². The van der Waals surface area contributed by atoms with Crippen LogP contribution < -0.4 is 0 Å². The summed E-state index contributed by atoms with van der Waals surface area (Å²) in [5.41, 5.74) is 3.64. The molecule has 0 N–H and O–H groups in total. The Morgan fingerprint density at radius 3 is 2.16 bits per heavy atom. The minimum Gasteiger partial charge on any atom is -0.465 e. The van der Waals surface area contributed by atoms with Crippen LogP contribution in [0.15, 0.2) is 89.1 Å². The first kappa shape index (κ1) is 21.8. The van der Waals surface area contributed by atoms with E-state index >= 15 is 0 Å². The van der Waals surface area contributed by atoms with E-state index in [1.165, 1.54) is 7.11 Å². The lowest BCUT2D eigenvalue weighted by atomic mass is 9.87. The van der Waals surface area contributed by atoms with Gasteiger partial charge in [-0.1, -0.05) is 60.2 Å². The van der Waals surface area contributed by atoms with Crippen molar-refractivity contribution in [3.63, 3.8) is 0 Å². The van der Waals surface area contributed by atoms with Crippen molar-refractivity contribution in [1.29, 1.82) is 0 Å². The predicted octanol–water partition coefficient (Wildman–Crippen LogP) is 5.67. The fourth-order valence-electron chi connectivity index (χ4n) is 3.30. The van der Waals surface area contributed by atoms with Crippen molar-refractivity contribution in [3.8, 4) is 0 Å². The fraction of sp³-hybridized carbons (Fsp3) is 0.208. The van der Waals surface area contributed by atoms with E-state index in [1.807, 2.05) is 61.5 Å². The Hall–Kier alpha value is -3.87. The standard InChI is InChI=1S/C24H23N3O4/c1-17-8-10-18(11-9-17)22(16-27(29)30)23(26-25-21-6-4-3-5-7-21)19-12-14-20(15-13-19)24(28)31-2/h3-15,22-23H,16H2,1-2H3. The molecule has 7 heteroatoms. The first-order valence-corrected chi connectivity index (χ1v) is 9.80. The van der Waals surface area contributed by atoms with E-state index in [0.29, 0.717) is 11.3 Å². The van der Waals surface area contributed by atoms with E-state index in [4.69, 9.17) is 4.74 Å². The fourth-order valence-corrected chi connectivity index (χ4v) is 3.30. The number of methoxy groups -OCH3 is 1. The van der Waals surface area contributed by atoms with Crippen molar-refractivity contribution in [2.75, 3.05) is 13.7 Å². The molecule has 0 amide bonds. The summed E-state index contributed by atoms with van der Waals surface area (Å²) in [6.07, 6.45) is 0. The summed E-state index contributed by atoms with van der Waals surface area (Å²) >= 11 is 0. The van der Waals surface area contributed by atoms with Gasteiger partial charge in [-0.15, -0.1) is 0 Å². The first-order chi connectivity index (χ1) is 15.0. The smallest absolute Gasteiger partial charge is 0.337 e. The van der Waals surface area contributed by atoms with E-state index in [1.54, 1.807) is 24.3 Å². The predicted molar refractivity (Wildman–Crippen MR) is 117 cm³/mol. The van der Waals surface area contributed by atoms with Gasteiger partial charge in [0.05, 0.1) is 24.3 Å². The zero-order valence-corrected chi connectivity index (χ0v) is 17.3. The average molecular weight is 417 g/mol. The van der Waals surface area contributed by atoms with Gasteiger partial charge in [0, 0.05) is 4.92 Å². The molecule has 0 bridgehead atoms. The lowest BCUT2D eigenvalue weighted by Crippen LogP contribution is -2.19. The van der Waals surface area contributed by atoms with E-state index in [0.717, 1.165) is 16.7 Å².